The van der Waals surface area contributed by atoms with E-state index in [1.807, 2.05) is 0 Å². The van der Waals surface area contributed by atoms with E-state index < -0.39 is 24.4 Å². The number of hydrogen-bond donors (Lipinski definition) is 2. The van der Waals surface area contributed by atoms with E-state index >= 15 is 0 Å². The molecule has 0 aromatic heterocycles. The van der Waals surface area contributed by atoms with Crippen molar-refractivity contribution in [3.8, 4) is 0 Å². The Balaban J connectivity index is 4.85. The standard InChI is InChI=1S/C8H10F6OS/c9-7(10,11)6(15,8(12,13)14)4-2-1-3-5-16/h1-2,15-16H,3-5H2. The number of hydrogen-bond acceptors (Lipinski definition) is 2. The first kappa shape index (κ1) is 15.6. The van der Waals surface area contributed by atoms with Crippen molar-refractivity contribution >= 4 is 12.6 Å². The van der Waals surface area contributed by atoms with Gasteiger partial charge in [-0.1, -0.05) is 12.2 Å². The van der Waals surface area contributed by atoms with Crippen LogP contribution in [0.4, 0.5) is 26.3 Å². The van der Waals surface area contributed by atoms with Crippen LogP contribution in [0.25, 0.3) is 0 Å². The monoisotopic (exact) mass is 268 g/mol. The summed E-state index contributed by atoms with van der Waals surface area (Å²) in [6, 6.07) is 0. The largest absolute Gasteiger partial charge is 0.426 e. The molecule has 16 heavy (non-hydrogen) atoms. The molecule has 8 heteroatoms. The van der Waals surface area contributed by atoms with Crippen molar-refractivity contribution in [2.24, 2.45) is 0 Å². The van der Waals surface area contributed by atoms with Crippen LogP contribution in [-0.2, 0) is 0 Å². The van der Waals surface area contributed by atoms with Crippen molar-refractivity contribution in [2.75, 3.05) is 5.75 Å². The maximum absolute atomic E-state index is 12.1. The minimum Gasteiger partial charge on any atom is -0.373 e. The van der Waals surface area contributed by atoms with E-state index in [1.165, 1.54) is 0 Å². The van der Waals surface area contributed by atoms with Crippen LogP contribution in [0.15, 0.2) is 12.2 Å². The topological polar surface area (TPSA) is 20.2 Å². The van der Waals surface area contributed by atoms with Gasteiger partial charge in [-0.15, -0.1) is 0 Å². The lowest BCUT2D eigenvalue weighted by atomic mass is 9.98. The van der Waals surface area contributed by atoms with Crippen LogP contribution in [0.5, 0.6) is 0 Å². The predicted octanol–water partition coefficient (Wildman–Crippen LogP) is 3.11. The molecule has 0 fully saturated rings. The molecule has 0 bridgehead atoms. The number of aliphatic hydroxyl groups is 1. The summed E-state index contributed by atoms with van der Waals surface area (Å²) >= 11 is 3.72. The van der Waals surface area contributed by atoms with Gasteiger partial charge in [-0.3, -0.25) is 0 Å². The normalized spacial score (nSPS) is 14.8. The van der Waals surface area contributed by atoms with E-state index in [0.29, 0.717) is 11.8 Å². The van der Waals surface area contributed by atoms with Crippen molar-refractivity contribution in [1.29, 1.82) is 0 Å². The molecule has 0 aromatic rings. The van der Waals surface area contributed by atoms with E-state index in [-0.39, 0.29) is 6.42 Å². The molecule has 0 aromatic carbocycles. The van der Waals surface area contributed by atoms with E-state index in [9.17, 15) is 26.3 Å². The number of thiol groups is 1. The van der Waals surface area contributed by atoms with Gasteiger partial charge in [-0.05, 0) is 12.2 Å². The molecule has 0 rings (SSSR count). The fraction of sp³-hybridized carbons (Fsp3) is 0.750. The highest BCUT2D eigenvalue weighted by atomic mass is 32.1. The minimum absolute atomic E-state index is 0.231. The third kappa shape index (κ3) is 3.58. The molecular formula is C8H10F6OS. The Kier molecular flexibility index (Phi) is 5.18. The van der Waals surface area contributed by atoms with Crippen molar-refractivity contribution in [3.05, 3.63) is 12.2 Å². The molecule has 0 aliphatic heterocycles. The Hall–Kier alpha value is -0.370. The first-order chi connectivity index (χ1) is 7.06. The molecule has 1 nitrogen and oxygen atoms in total. The summed E-state index contributed by atoms with van der Waals surface area (Å²) in [4.78, 5) is 0. The molecule has 0 radical (unpaired) electrons. The average molecular weight is 268 g/mol. The van der Waals surface area contributed by atoms with Gasteiger partial charge in [-0.2, -0.15) is 39.0 Å². The summed E-state index contributed by atoms with van der Waals surface area (Å²) in [6.07, 6.45) is -11.1. The second-order valence-corrected chi connectivity index (χ2v) is 3.49. The lowest BCUT2D eigenvalue weighted by Gasteiger charge is -2.31. The molecule has 0 spiro atoms. The molecule has 0 aliphatic carbocycles. The van der Waals surface area contributed by atoms with Gasteiger partial charge in [0.2, 0.25) is 0 Å². The van der Waals surface area contributed by atoms with Gasteiger partial charge in [0.25, 0.3) is 5.60 Å². The van der Waals surface area contributed by atoms with Crippen LogP contribution in [0.1, 0.15) is 12.8 Å². The second kappa shape index (κ2) is 5.31. The summed E-state index contributed by atoms with van der Waals surface area (Å²) in [6.45, 7) is 0. The number of allylic oxidation sites excluding steroid dienone is 1. The molecule has 0 heterocycles. The number of rotatable bonds is 4. The van der Waals surface area contributed by atoms with Crippen molar-refractivity contribution < 1.29 is 31.4 Å². The molecule has 0 atom stereocenters. The molecule has 0 saturated heterocycles. The third-order valence-electron chi connectivity index (χ3n) is 1.81. The van der Waals surface area contributed by atoms with Gasteiger partial charge < -0.3 is 5.11 Å². The lowest BCUT2D eigenvalue weighted by molar-refractivity contribution is -0.366. The van der Waals surface area contributed by atoms with Gasteiger partial charge in [0, 0.05) is 6.42 Å². The third-order valence-corrected chi connectivity index (χ3v) is 2.07. The van der Waals surface area contributed by atoms with Gasteiger partial charge >= 0.3 is 12.4 Å². The molecule has 1 N–H and O–H groups in total. The van der Waals surface area contributed by atoms with E-state index in [0.717, 1.165) is 6.08 Å². The van der Waals surface area contributed by atoms with E-state index in [2.05, 4.69) is 12.6 Å². The van der Waals surface area contributed by atoms with Crippen LogP contribution < -0.4 is 0 Å². The van der Waals surface area contributed by atoms with Gasteiger partial charge in [0.05, 0.1) is 0 Å². The smallest absolute Gasteiger partial charge is 0.373 e. The zero-order valence-corrected chi connectivity index (χ0v) is 8.83. The molecular weight excluding hydrogens is 258 g/mol. The minimum atomic E-state index is -5.75. The summed E-state index contributed by atoms with van der Waals surface area (Å²) in [5, 5.41) is 8.66. The molecule has 0 amide bonds. The Morgan fingerprint density at radius 1 is 0.938 bits per heavy atom. The van der Waals surface area contributed by atoms with Crippen LogP contribution in [0.3, 0.4) is 0 Å². The van der Waals surface area contributed by atoms with Crippen LogP contribution >= 0.6 is 12.6 Å². The first-order valence-electron chi connectivity index (χ1n) is 4.18. The fourth-order valence-corrected chi connectivity index (χ4v) is 0.988. The maximum atomic E-state index is 12.1. The SMILES string of the molecule is OC(CC=CCCS)(C(F)(F)F)C(F)(F)F. The highest BCUT2D eigenvalue weighted by Crippen LogP contribution is 2.45. The molecule has 96 valence electrons. The maximum Gasteiger partial charge on any atom is 0.426 e. The van der Waals surface area contributed by atoms with Gasteiger partial charge in [0.15, 0.2) is 0 Å². The first-order valence-corrected chi connectivity index (χ1v) is 4.81. The summed E-state index contributed by atoms with van der Waals surface area (Å²) in [5.74, 6) is 0.299. The Bertz CT molecular complexity index is 230. The highest BCUT2D eigenvalue weighted by molar-refractivity contribution is 7.80. The van der Waals surface area contributed by atoms with Crippen LogP contribution in [0.2, 0.25) is 0 Å². The summed E-state index contributed by atoms with van der Waals surface area (Å²) in [7, 11) is 0. The van der Waals surface area contributed by atoms with E-state index in [1.54, 1.807) is 0 Å². The Morgan fingerprint density at radius 3 is 1.69 bits per heavy atom. The van der Waals surface area contributed by atoms with Crippen molar-refractivity contribution in [1.82, 2.24) is 0 Å². The zero-order chi connectivity index (χ0) is 13.0. The van der Waals surface area contributed by atoms with Crippen molar-refractivity contribution in [2.45, 2.75) is 30.8 Å². The van der Waals surface area contributed by atoms with Gasteiger partial charge in [0.1, 0.15) is 0 Å². The number of halogens is 6. The second-order valence-electron chi connectivity index (χ2n) is 3.04. The highest BCUT2D eigenvalue weighted by Gasteiger charge is 2.69. The van der Waals surface area contributed by atoms with Crippen LogP contribution in [-0.4, -0.2) is 28.8 Å². The molecule has 0 saturated carbocycles. The van der Waals surface area contributed by atoms with Crippen molar-refractivity contribution in [3.63, 3.8) is 0 Å². The van der Waals surface area contributed by atoms with Gasteiger partial charge in [-0.25, -0.2) is 0 Å². The quantitative estimate of drug-likeness (QED) is 0.456. The van der Waals surface area contributed by atoms with E-state index in [4.69, 9.17) is 5.11 Å². The average Bonchev–Trinajstić information content (AvgIpc) is 2.08. The van der Waals surface area contributed by atoms with Crippen LogP contribution in [0, 0.1) is 0 Å². The molecule has 0 unspecified atom stereocenters. The zero-order valence-electron chi connectivity index (χ0n) is 7.94. The Morgan fingerprint density at radius 2 is 1.38 bits per heavy atom. The Labute approximate surface area is 93.5 Å². The predicted molar refractivity (Wildman–Crippen MR) is 49.3 cm³/mol. The fourth-order valence-electron chi connectivity index (χ4n) is 0.838. The summed E-state index contributed by atoms with van der Waals surface area (Å²) in [5.41, 5.74) is -4.69. The molecule has 0 aliphatic rings. The number of alkyl halides is 6. The summed E-state index contributed by atoms with van der Waals surface area (Å²) < 4.78 is 72.5. The lowest BCUT2D eigenvalue weighted by Crippen LogP contribution is -2.56.